The molecule has 0 bridgehead atoms. The van der Waals surface area contributed by atoms with Gasteiger partial charge in [-0.1, -0.05) is 44.2 Å². The number of hydrogen-bond acceptors (Lipinski definition) is 3. The van der Waals surface area contributed by atoms with Gasteiger partial charge in [0.2, 0.25) is 11.8 Å². The van der Waals surface area contributed by atoms with Crippen molar-refractivity contribution in [3.8, 4) is 0 Å². The summed E-state index contributed by atoms with van der Waals surface area (Å²) in [6, 6.07) is 13.3. The average molecular weight is 371 g/mol. The Balaban J connectivity index is 2.11. The summed E-state index contributed by atoms with van der Waals surface area (Å²) in [6.07, 6.45) is 1.35. The summed E-state index contributed by atoms with van der Waals surface area (Å²) < 4.78 is 14.1. The maximum absolute atomic E-state index is 14.1. The van der Waals surface area contributed by atoms with Crippen LogP contribution in [0.1, 0.15) is 32.3 Å². The van der Waals surface area contributed by atoms with Crippen LogP contribution in [0.3, 0.4) is 0 Å². The fourth-order valence-corrected chi connectivity index (χ4v) is 2.89. The Morgan fingerprint density at radius 1 is 1.04 bits per heavy atom. The summed E-state index contributed by atoms with van der Waals surface area (Å²) >= 11 is 0. The van der Waals surface area contributed by atoms with Crippen LogP contribution in [0.25, 0.3) is 0 Å². The summed E-state index contributed by atoms with van der Waals surface area (Å²) in [5.74, 6) is -1.10. The third kappa shape index (κ3) is 5.14. The van der Waals surface area contributed by atoms with Crippen molar-refractivity contribution in [3.05, 3.63) is 59.9 Å². The normalized spacial score (nSPS) is 11.1. The maximum Gasteiger partial charge on any atom is 0.231 e. The van der Waals surface area contributed by atoms with Gasteiger partial charge in [-0.25, -0.2) is 4.39 Å². The average Bonchev–Trinajstić information content (AvgIpc) is 2.67. The highest BCUT2D eigenvalue weighted by molar-refractivity contribution is 5.97. The van der Waals surface area contributed by atoms with Crippen molar-refractivity contribution in [2.24, 2.45) is 11.1 Å². The minimum absolute atomic E-state index is 0.0278. The molecule has 2 aromatic carbocycles. The number of hydrogen-bond donors (Lipinski definition) is 3. The number of anilines is 2. The van der Waals surface area contributed by atoms with Crippen LogP contribution in [-0.2, 0) is 16.0 Å². The van der Waals surface area contributed by atoms with Gasteiger partial charge in [-0.15, -0.1) is 0 Å². The maximum atomic E-state index is 14.1. The van der Waals surface area contributed by atoms with Gasteiger partial charge in [-0.3, -0.25) is 9.59 Å². The van der Waals surface area contributed by atoms with Crippen LogP contribution < -0.4 is 16.4 Å². The molecule has 27 heavy (non-hydrogen) atoms. The molecule has 4 N–H and O–H groups in total. The van der Waals surface area contributed by atoms with E-state index in [1.165, 1.54) is 18.2 Å². The van der Waals surface area contributed by atoms with Crippen molar-refractivity contribution in [3.63, 3.8) is 0 Å². The van der Waals surface area contributed by atoms with E-state index in [1.54, 1.807) is 0 Å². The zero-order valence-corrected chi connectivity index (χ0v) is 15.7. The lowest BCUT2D eigenvalue weighted by molar-refractivity contribution is -0.125. The Kier molecular flexibility index (Phi) is 7.07. The van der Waals surface area contributed by atoms with Gasteiger partial charge in [0.15, 0.2) is 0 Å². The Morgan fingerprint density at radius 2 is 1.70 bits per heavy atom. The van der Waals surface area contributed by atoms with Crippen molar-refractivity contribution in [2.75, 3.05) is 17.2 Å². The standard InChI is InChI=1S/C21H26FN3O2/c1-3-21(4-2,14-23)20(27)24-16-10-11-17(22)18(13-16)25-19(26)12-15-8-6-5-7-9-15/h5-11,13H,3-4,12,14,23H2,1-2H3,(H,24,27)(H,25,26). The van der Waals surface area contributed by atoms with Crippen LogP contribution in [0.15, 0.2) is 48.5 Å². The molecular formula is C21H26FN3O2. The van der Waals surface area contributed by atoms with Crippen LogP contribution >= 0.6 is 0 Å². The largest absolute Gasteiger partial charge is 0.329 e. The molecule has 0 aromatic heterocycles. The molecule has 0 spiro atoms. The lowest BCUT2D eigenvalue weighted by Gasteiger charge is -2.28. The van der Waals surface area contributed by atoms with E-state index in [-0.39, 0.29) is 30.5 Å². The molecule has 0 fully saturated rings. The summed E-state index contributed by atoms with van der Waals surface area (Å²) in [4.78, 5) is 24.8. The summed E-state index contributed by atoms with van der Waals surface area (Å²) in [5, 5.41) is 5.35. The SMILES string of the molecule is CCC(CC)(CN)C(=O)Nc1ccc(F)c(NC(=O)Cc2ccccc2)c1. The van der Waals surface area contributed by atoms with Crippen LogP contribution in [0.4, 0.5) is 15.8 Å². The monoisotopic (exact) mass is 371 g/mol. The second-order valence-corrected chi connectivity index (χ2v) is 6.55. The first-order valence-corrected chi connectivity index (χ1v) is 9.09. The fraction of sp³-hybridized carbons (Fsp3) is 0.333. The van der Waals surface area contributed by atoms with Gasteiger partial charge in [-0.05, 0) is 36.6 Å². The first-order valence-electron chi connectivity index (χ1n) is 9.09. The number of carbonyl (C=O) groups excluding carboxylic acids is 2. The molecule has 5 nitrogen and oxygen atoms in total. The first kappa shape index (κ1) is 20.6. The summed E-state index contributed by atoms with van der Waals surface area (Å²) in [6.45, 7) is 4.05. The van der Waals surface area contributed by atoms with Gasteiger partial charge in [-0.2, -0.15) is 0 Å². The van der Waals surface area contributed by atoms with Gasteiger partial charge < -0.3 is 16.4 Å². The van der Waals surface area contributed by atoms with E-state index in [4.69, 9.17) is 5.73 Å². The van der Waals surface area contributed by atoms with Gasteiger partial charge in [0.05, 0.1) is 17.5 Å². The third-order valence-corrected chi connectivity index (χ3v) is 4.93. The fourth-order valence-electron chi connectivity index (χ4n) is 2.89. The number of halogens is 1. The lowest BCUT2D eigenvalue weighted by Crippen LogP contribution is -2.41. The van der Waals surface area contributed by atoms with E-state index in [9.17, 15) is 14.0 Å². The van der Waals surface area contributed by atoms with Crippen LogP contribution in [0.2, 0.25) is 0 Å². The number of rotatable bonds is 8. The highest BCUT2D eigenvalue weighted by Gasteiger charge is 2.33. The molecule has 2 amide bonds. The smallest absolute Gasteiger partial charge is 0.231 e. The highest BCUT2D eigenvalue weighted by Crippen LogP contribution is 2.28. The van der Waals surface area contributed by atoms with Crippen molar-refractivity contribution >= 4 is 23.2 Å². The highest BCUT2D eigenvalue weighted by atomic mass is 19.1. The quantitative estimate of drug-likeness (QED) is 0.661. The summed E-state index contributed by atoms with van der Waals surface area (Å²) in [5.41, 5.74) is 6.41. The minimum atomic E-state index is -0.662. The van der Waals surface area contributed by atoms with E-state index in [1.807, 2.05) is 44.2 Å². The zero-order valence-electron chi connectivity index (χ0n) is 15.7. The molecule has 0 atom stereocenters. The van der Waals surface area contributed by atoms with Crippen LogP contribution in [0.5, 0.6) is 0 Å². The van der Waals surface area contributed by atoms with Crippen molar-refractivity contribution in [1.82, 2.24) is 0 Å². The second-order valence-electron chi connectivity index (χ2n) is 6.55. The zero-order chi connectivity index (χ0) is 19.9. The Morgan fingerprint density at radius 3 is 2.30 bits per heavy atom. The van der Waals surface area contributed by atoms with Crippen molar-refractivity contribution in [1.29, 1.82) is 0 Å². The van der Waals surface area contributed by atoms with E-state index in [2.05, 4.69) is 10.6 Å². The molecule has 0 heterocycles. The van der Waals surface area contributed by atoms with E-state index in [0.717, 1.165) is 5.56 Å². The van der Waals surface area contributed by atoms with E-state index < -0.39 is 11.2 Å². The minimum Gasteiger partial charge on any atom is -0.329 e. The number of benzene rings is 2. The Bertz CT molecular complexity index is 781. The molecule has 0 unspecified atom stereocenters. The first-order chi connectivity index (χ1) is 12.9. The number of amides is 2. The van der Waals surface area contributed by atoms with Crippen LogP contribution in [0, 0.1) is 11.2 Å². The third-order valence-electron chi connectivity index (χ3n) is 4.93. The Labute approximate surface area is 159 Å². The molecular weight excluding hydrogens is 345 g/mol. The topological polar surface area (TPSA) is 84.2 Å². The molecule has 0 saturated carbocycles. The van der Waals surface area contributed by atoms with Gasteiger partial charge in [0.1, 0.15) is 5.82 Å². The molecule has 0 radical (unpaired) electrons. The number of nitrogens with two attached hydrogens (primary N) is 1. The van der Waals surface area contributed by atoms with Crippen molar-refractivity contribution < 1.29 is 14.0 Å². The molecule has 0 aliphatic carbocycles. The van der Waals surface area contributed by atoms with Gasteiger partial charge in [0.25, 0.3) is 0 Å². The number of nitrogens with one attached hydrogen (secondary N) is 2. The molecule has 0 aliphatic heterocycles. The molecule has 2 aromatic rings. The predicted molar refractivity (Wildman–Crippen MR) is 106 cm³/mol. The second kappa shape index (κ2) is 9.28. The molecule has 0 saturated heterocycles. The Hall–Kier alpha value is -2.73. The van der Waals surface area contributed by atoms with E-state index >= 15 is 0 Å². The predicted octanol–water partition coefficient (Wildman–Crippen LogP) is 3.71. The van der Waals surface area contributed by atoms with Gasteiger partial charge >= 0.3 is 0 Å². The van der Waals surface area contributed by atoms with Crippen molar-refractivity contribution in [2.45, 2.75) is 33.1 Å². The van der Waals surface area contributed by atoms with Gasteiger partial charge in [0, 0.05) is 12.2 Å². The molecule has 0 aliphatic rings. The number of carbonyl (C=O) groups is 2. The molecule has 144 valence electrons. The molecule has 2 rings (SSSR count). The lowest BCUT2D eigenvalue weighted by atomic mass is 9.81. The summed E-state index contributed by atoms with van der Waals surface area (Å²) in [7, 11) is 0. The van der Waals surface area contributed by atoms with E-state index in [0.29, 0.717) is 18.5 Å². The van der Waals surface area contributed by atoms with Crippen LogP contribution in [-0.4, -0.2) is 18.4 Å². The molecule has 6 heteroatoms.